The number of carboxylic acid groups (broad SMARTS) is 1. The minimum Gasteiger partial charge on any atom is -0.480 e. The summed E-state index contributed by atoms with van der Waals surface area (Å²) >= 11 is 0. The third-order valence-electron chi connectivity index (χ3n) is 3.09. The molecule has 0 amide bonds. The van der Waals surface area contributed by atoms with Gasteiger partial charge in [0.2, 0.25) is 0 Å². The van der Waals surface area contributed by atoms with Crippen LogP contribution in [0.5, 0.6) is 0 Å². The van der Waals surface area contributed by atoms with E-state index in [-0.39, 0.29) is 5.78 Å². The monoisotopic (exact) mass is 209 g/mol. The maximum atomic E-state index is 11.6. The first-order chi connectivity index (χ1) is 7.20. The van der Waals surface area contributed by atoms with Crippen molar-refractivity contribution in [1.82, 2.24) is 4.90 Å². The van der Waals surface area contributed by atoms with Crippen LogP contribution in [0.1, 0.15) is 25.7 Å². The van der Waals surface area contributed by atoms with E-state index in [1.165, 1.54) is 0 Å². The van der Waals surface area contributed by atoms with Gasteiger partial charge in [0.1, 0.15) is 0 Å². The van der Waals surface area contributed by atoms with Gasteiger partial charge in [-0.1, -0.05) is 6.08 Å². The zero-order valence-electron chi connectivity index (χ0n) is 8.61. The molecular formula is C11H15NO3. The van der Waals surface area contributed by atoms with Crippen LogP contribution in [-0.4, -0.2) is 34.8 Å². The summed E-state index contributed by atoms with van der Waals surface area (Å²) in [7, 11) is 0. The van der Waals surface area contributed by atoms with Gasteiger partial charge in [0.15, 0.2) is 11.7 Å². The maximum Gasteiger partial charge on any atom is 0.320 e. The van der Waals surface area contributed by atoms with E-state index in [4.69, 9.17) is 5.11 Å². The number of hydrogen-bond donors (Lipinski definition) is 1. The Labute approximate surface area is 88.6 Å². The first-order valence-corrected chi connectivity index (χ1v) is 5.40. The molecule has 0 radical (unpaired) electrons. The Morgan fingerprint density at radius 3 is 2.93 bits per heavy atom. The van der Waals surface area contributed by atoms with Crippen LogP contribution in [0.2, 0.25) is 0 Å². The SMILES string of the molecule is O=C(O)C1C(=O)CCN2CCCCC=C12. The molecule has 1 fully saturated rings. The average molecular weight is 209 g/mol. The number of carbonyl (C=O) groups excluding carboxylic acids is 1. The molecule has 2 heterocycles. The zero-order chi connectivity index (χ0) is 10.8. The standard InChI is InChI=1S/C11H15NO3/c13-9-5-7-12-6-3-1-2-4-8(12)10(9)11(14)15/h4,10H,1-3,5-7H2,(H,14,15). The molecule has 2 rings (SSSR count). The fourth-order valence-corrected chi connectivity index (χ4v) is 2.32. The van der Waals surface area contributed by atoms with E-state index in [9.17, 15) is 9.59 Å². The van der Waals surface area contributed by atoms with Crippen molar-refractivity contribution in [1.29, 1.82) is 0 Å². The third-order valence-corrected chi connectivity index (χ3v) is 3.09. The number of fused-ring (bicyclic) bond motifs is 1. The van der Waals surface area contributed by atoms with E-state index >= 15 is 0 Å². The Morgan fingerprint density at radius 1 is 1.40 bits per heavy atom. The lowest BCUT2D eigenvalue weighted by Gasteiger charge is -2.33. The predicted molar refractivity (Wildman–Crippen MR) is 54.3 cm³/mol. The molecule has 0 aromatic rings. The molecule has 4 nitrogen and oxygen atoms in total. The molecule has 1 saturated heterocycles. The van der Waals surface area contributed by atoms with Crippen LogP contribution in [0.4, 0.5) is 0 Å². The minimum atomic E-state index is -1.00. The summed E-state index contributed by atoms with van der Waals surface area (Å²) in [6.07, 6.45) is 5.36. The Morgan fingerprint density at radius 2 is 2.20 bits per heavy atom. The van der Waals surface area contributed by atoms with Crippen molar-refractivity contribution in [3.8, 4) is 0 Å². The predicted octanol–water partition coefficient (Wildman–Crippen LogP) is 1.03. The van der Waals surface area contributed by atoms with Gasteiger partial charge >= 0.3 is 5.97 Å². The molecule has 4 heteroatoms. The molecule has 1 unspecified atom stereocenters. The van der Waals surface area contributed by atoms with Gasteiger partial charge in [-0.2, -0.15) is 0 Å². The zero-order valence-corrected chi connectivity index (χ0v) is 8.61. The van der Waals surface area contributed by atoms with E-state index in [0.717, 1.165) is 31.5 Å². The van der Waals surface area contributed by atoms with Crippen molar-refractivity contribution >= 4 is 11.8 Å². The fourth-order valence-electron chi connectivity index (χ4n) is 2.32. The van der Waals surface area contributed by atoms with Gasteiger partial charge in [-0.3, -0.25) is 9.59 Å². The number of ketones is 1. The highest BCUT2D eigenvalue weighted by Crippen LogP contribution is 2.28. The Kier molecular flexibility index (Phi) is 2.75. The molecule has 0 aliphatic carbocycles. The van der Waals surface area contributed by atoms with Gasteiger partial charge in [-0.05, 0) is 19.3 Å². The quantitative estimate of drug-likeness (QED) is 0.655. The largest absolute Gasteiger partial charge is 0.480 e. The first kappa shape index (κ1) is 10.2. The van der Waals surface area contributed by atoms with Gasteiger partial charge in [-0.15, -0.1) is 0 Å². The smallest absolute Gasteiger partial charge is 0.320 e. The van der Waals surface area contributed by atoms with E-state index in [2.05, 4.69) is 4.90 Å². The summed E-state index contributed by atoms with van der Waals surface area (Å²) in [4.78, 5) is 24.7. The Bertz CT molecular complexity index is 322. The number of Topliss-reactive ketones (excluding diaryl/α,β-unsaturated/α-hetero) is 1. The lowest BCUT2D eigenvalue weighted by molar-refractivity contribution is -0.146. The van der Waals surface area contributed by atoms with Crippen molar-refractivity contribution in [2.75, 3.05) is 13.1 Å². The van der Waals surface area contributed by atoms with Crippen molar-refractivity contribution < 1.29 is 14.7 Å². The van der Waals surface area contributed by atoms with Crippen LogP contribution in [0.3, 0.4) is 0 Å². The van der Waals surface area contributed by atoms with Gasteiger partial charge in [0, 0.05) is 25.2 Å². The molecule has 2 aliphatic heterocycles. The Balaban J connectivity index is 2.29. The molecule has 1 N–H and O–H groups in total. The van der Waals surface area contributed by atoms with Gasteiger partial charge in [-0.25, -0.2) is 0 Å². The molecule has 0 spiro atoms. The van der Waals surface area contributed by atoms with Crippen LogP contribution < -0.4 is 0 Å². The van der Waals surface area contributed by atoms with Crippen LogP contribution >= 0.6 is 0 Å². The summed E-state index contributed by atoms with van der Waals surface area (Å²) in [5, 5.41) is 9.05. The van der Waals surface area contributed by atoms with Crippen molar-refractivity contribution in [2.24, 2.45) is 5.92 Å². The number of aliphatic carboxylic acids is 1. The number of carbonyl (C=O) groups is 2. The van der Waals surface area contributed by atoms with Crippen molar-refractivity contribution in [3.63, 3.8) is 0 Å². The molecule has 0 saturated carbocycles. The highest BCUT2D eigenvalue weighted by atomic mass is 16.4. The summed E-state index contributed by atoms with van der Waals surface area (Å²) in [5.41, 5.74) is 0.733. The lowest BCUT2D eigenvalue weighted by atomic mass is 9.92. The number of rotatable bonds is 1. The average Bonchev–Trinajstić information content (AvgIpc) is 2.41. The number of piperidine rings is 1. The van der Waals surface area contributed by atoms with Crippen molar-refractivity contribution in [2.45, 2.75) is 25.7 Å². The summed E-state index contributed by atoms with van der Waals surface area (Å²) < 4.78 is 0. The number of carboxylic acids is 1. The van der Waals surface area contributed by atoms with Crippen LogP contribution in [-0.2, 0) is 9.59 Å². The van der Waals surface area contributed by atoms with Crippen LogP contribution in [0.15, 0.2) is 11.8 Å². The van der Waals surface area contributed by atoms with Crippen LogP contribution in [0, 0.1) is 5.92 Å². The van der Waals surface area contributed by atoms with Gasteiger partial charge in [0.05, 0.1) is 0 Å². The topological polar surface area (TPSA) is 57.6 Å². The van der Waals surface area contributed by atoms with E-state index in [1.807, 2.05) is 6.08 Å². The molecule has 1 atom stereocenters. The van der Waals surface area contributed by atoms with E-state index in [1.54, 1.807) is 0 Å². The number of allylic oxidation sites excluding steroid dienone is 1. The summed E-state index contributed by atoms with van der Waals surface area (Å²) in [6.45, 7) is 1.58. The highest BCUT2D eigenvalue weighted by Gasteiger charge is 2.37. The number of nitrogens with zero attached hydrogens (tertiary/aromatic N) is 1. The maximum absolute atomic E-state index is 11.6. The highest BCUT2D eigenvalue weighted by molar-refractivity contribution is 6.01. The fraction of sp³-hybridized carbons (Fsp3) is 0.636. The van der Waals surface area contributed by atoms with Crippen molar-refractivity contribution in [3.05, 3.63) is 11.8 Å². The normalized spacial score (nSPS) is 26.7. The Hall–Kier alpha value is -1.32. The molecule has 15 heavy (non-hydrogen) atoms. The molecular weight excluding hydrogens is 194 g/mol. The van der Waals surface area contributed by atoms with Gasteiger partial charge < -0.3 is 10.0 Å². The second kappa shape index (κ2) is 4.04. The number of hydrogen-bond acceptors (Lipinski definition) is 3. The lowest BCUT2D eigenvalue weighted by Crippen LogP contribution is -2.42. The summed E-state index contributed by atoms with van der Waals surface area (Å²) in [5.74, 6) is -2.05. The second-order valence-electron chi connectivity index (χ2n) is 4.10. The van der Waals surface area contributed by atoms with E-state index in [0.29, 0.717) is 13.0 Å². The first-order valence-electron chi connectivity index (χ1n) is 5.40. The molecule has 0 aromatic carbocycles. The van der Waals surface area contributed by atoms with Crippen LogP contribution in [0.25, 0.3) is 0 Å². The third kappa shape index (κ3) is 1.89. The second-order valence-corrected chi connectivity index (χ2v) is 4.10. The molecule has 2 aliphatic rings. The van der Waals surface area contributed by atoms with E-state index < -0.39 is 11.9 Å². The van der Waals surface area contributed by atoms with Gasteiger partial charge in [0.25, 0.3) is 0 Å². The molecule has 0 aromatic heterocycles. The minimum absolute atomic E-state index is 0.146. The summed E-state index contributed by atoms with van der Waals surface area (Å²) in [6, 6.07) is 0. The molecule has 82 valence electrons. The molecule has 0 bridgehead atoms.